The molecule has 1 amide bonds. The van der Waals surface area contributed by atoms with E-state index in [2.05, 4.69) is 10.4 Å². The van der Waals surface area contributed by atoms with Crippen molar-refractivity contribution in [2.75, 3.05) is 18.5 Å². The van der Waals surface area contributed by atoms with Crippen molar-refractivity contribution in [2.24, 2.45) is 0 Å². The molecule has 1 N–H and O–H groups in total. The number of thiazole rings is 1. The van der Waals surface area contributed by atoms with E-state index in [-0.39, 0.29) is 10.1 Å². The van der Waals surface area contributed by atoms with Crippen molar-refractivity contribution >= 4 is 54.6 Å². The van der Waals surface area contributed by atoms with Crippen LogP contribution in [0.25, 0.3) is 15.3 Å². The molecule has 34 heavy (non-hydrogen) atoms. The molecule has 1 unspecified atom stereocenters. The van der Waals surface area contributed by atoms with E-state index in [9.17, 15) is 13.2 Å². The molecule has 1 saturated heterocycles. The maximum Gasteiger partial charge on any atom is 0.253 e. The summed E-state index contributed by atoms with van der Waals surface area (Å²) in [5, 5.41) is 9.72. The molecule has 0 bridgehead atoms. The highest BCUT2D eigenvalue weighted by atomic mass is 32.2. The summed E-state index contributed by atoms with van der Waals surface area (Å²) in [6.07, 6.45) is 1.08. The lowest BCUT2D eigenvalue weighted by molar-refractivity contribution is -0.119. The molecule has 3 aromatic heterocycles. The van der Waals surface area contributed by atoms with Gasteiger partial charge in [0, 0.05) is 12.6 Å². The second-order valence-corrected chi connectivity index (χ2v) is 11.9. The lowest BCUT2D eigenvalue weighted by atomic mass is 10.2. The standard InChI is InChI=1S/C22H23N5O4S3/c1-3-31-16-8-4-9-17-20(16)24-22(33-17)27-18(13-14(2)25-27)23-21(28)15-7-5-11-26(15)34(29,30)19-10-6-12-32-19/h4,6,8-10,12-13,15H,3,5,7,11H2,1-2H3,(H,23,28). The first kappa shape index (κ1) is 23.0. The van der Waals surface area contributed by atoms with Crippen LogP contribution < -0.4 is 10.1 Å². The quantitative estimate of drug-likeness (QED) is 0.397. The molecule has 0 saturated carbocycles. The van der Waals surface area contributed by atoms with Crippen LogP contribution >= 0.6 is 22.7 Å². The summed E-state index contributed by atoms with van der Waals surface area (Å²) < 4.78 is 35.9. The Morgan fingerprint density at radius 1 is 1.29 bits per heavy atom. The summed E-state index contributed by atoms with van der Waals surface area (Å²) in [6.45, 7) is 4.59. The Kier molecular flexibility index (Phi) is 6.15. The Morgan fingerprint density at radius 2 is 2.15 bits per heavy atom. The summed E-state index contributed by atoms with van der Waals surface area (Å²) in [4.78, 5) is 18.0. The van der Waals surface area contributed by atoms with E-state index in [4.69, 9.17) is 9.72 Å². The van der Waals surface area contributed by atoms with Gasteiger partial charge in [0.05, 0.1) is 17.0 Å². The summed E-state index contributed by atoms with van der Waals surface area (Å²) in [5.74, 6) is 0.757. The normalized spacial score (nSPS) is 16.8. The highest BCUT2D eigenvalue weighted by Crippen LogP contribution is 2.33. The van der Waals surface area contributed by atoms with Gasteiger partial charge >= 0.3 is 0 Å². The van der Waals surface area contributed by atoms with Gasteiger partial charge in [-0.25, -0.2) is 13.4 Å². The molecule has 0 aliphatic carbocycles. The lowest BCUT2D eigenvalue weighted by Gasteiger charge is -2.22. The van der Waals surface area contributed by atoms with Crippen LogP contribution in [0.5, 0.6) is 5.75 Å². The van der Waals surface area contributed by atoms with Crippen molar-refractivity contribution in [3.63, 3.8) is 0 Å². The number of thiophene rings is 1. The maximum atomic E-state index is 13.3. The van der Waals surface area contributed by atoms with E-state index in [1.807, 2.05) is 32.0 Å². The zero-order chi connectivity index (χ0) is 23.9. The molecule has 1 atom stereocenters. The number of nitrogens with zero attached hydrogens (tertiary/aromatic N) is 4. The van der Waals surface area contributed by atoms with E-state index in [0.29, 0.717) is 48.4 Å². The first-order valence-electron chi connectivity index (χ1n) is 10.8. The smallest absolute Gasteiger partial charge is 0.253 e. The number of carbonyl (C=O) groups is 1. The first-order valence-corrected chi connectivity index (χ1v) is 14.0. The van der Waals surface area contributed by atoms with Gasteiger partial charge < -0.3 is 10.1 Å². The Labute approximate surface area is 205 Å². The second-order valence-electron chi connectivity index (χ2n) is 7.81. The van der Waals surface area contributed by atoms with Gasteiger partial charge in [-0.05, 0) is 50.3 Å². The molecule has 4 heterocycles. The van der Waals surface area contributed by atoms with Crippen LogP contribution in [0.15, 0.2) is 46.0 Å². The van der Waals surface area contributed by atoms with E-state index in [1.54, 1.807) is 28.3 Å². The predicted molar refractivity (Wildman–Crippen MR) is 133 cm³/mol. The van der Waals surface area contributed by atoms with Crippen molar-refractivity contribution in [1.29, 1.82) is 0 Å². The van der Waals surface area contributed by atoms with Crippen molar-refractivity contribution in [3.05, 3.63) is 47.5 Å². The van der Waals surface area contributed by atoms with E-state index in [1.165, 1.54) is 15.6 Å². The number of para-hydroxylation sites is 1. The molecule has 9 nitrogen and oxygen atoms in total. The number of anilines is 1. The van der Waals surface area contributed by atoms with Crippen LogP contribution in [0.2, 0.25) is 0 Å². The molecular formula is C22H23N5O4S3. The number of amides is 1. The van der Waals surface area contributed by atoms with Crippen molar-refractivity contribution in [3.8, 4) is 10.9 Å². The molecule has 4 aromatic rings. The lowest BCUT2D eigenvalue weighted by Crippen LogP contribution is -2.43. The highest BCUT2D eigenvalue weighted by molar-refractivity contribution is 7.91. The van der Waals surface area contributed by atoms with Crippen LogP contribution in [0.4, 0.5) is 5.82 Å². The number of nitrogens with one attached hydrogen (secondary N) is 1. The number of rotatable bonds is 7. The number of carbonyl (C=O) groups excluding carboxylic acids is 1. The molecule has 1 aliphatic rings. The van der Waals surface area contributed by atoms with Crippen LogP contribution in [0.1, 0.15) is 25.5 Å². The number of aryl methyl sites for hydroxylation is 1. The Balaban J connectivity index is 1.44. The minimum absolute atomic E-state index is 0.243. The number of benzene rings is 1. The molecule has 5 rings (SSSR count). The maximum absolute atomic E-state index is 13.3. The van der Waals surface area contributed by atoms with Gasteiger partial charge in [0.15, 0.2) is 0 Å². The third-order valence-corrected chi connectivity index (χ3v) is 9.78. The summed E-state index contributed by atoms with van der Waals surface area (Å²) in [5.41, 5.74) is 1.44. The van der Waals surface area contributed by atoms with Gasteiger partial charge in [0.2, 0.25) is 11.0 Å². The number of hydrogen-bond donors (Lipinski definition) is 1. The van der Waals surface area contributed by atoms with Gasteiger partial charge in [0.25, 0.3) is 10.0 Å². The van der Waals surface area contributed by atoms with Crippen LogP contribution in [-0.2, 0) is 14.8 Å². The second kappa shape index (κ2) is 9.10. The van der Waals surface area contributed by atoms with Gasteiger partial charge in [-0.3, -0.25) is 4.79 Å². The number of hydrogen-bond acceptors (Lipinski definition) is 8. The number of fused-ring (bicyclic) bond motifs is 1. The third-order valence-electron chi connectivity index (χ3n) is 5.50. The fraction of sp³-hybridized carbons (Fsp3) is 0.318. The number of aromatic nitrogens is 3. The van der Waals surface area contributed by atoms with Gasteiger partial charge in [-0.15, -0.1) is 11.3 Å². The van der Waals surface area contributed by atoms with Crippen molar-refractivity contribution < 1.29 is 17.9 Å². The van der Waals surface area contributed by atoms with Crippen LogP contribution in [0.3, 0.4) is 0 Å². The minimum Gasteiger partial charge on any atom is -0.492 e. The van der Waals surface area contributed by atoms with Gasteiger partial charge in [-0.2, -0.15) is 14.1 Å². The predicted octanol–water partition coefficient (Wildman–Crippen LogP) is 4.04. The summed E-state index contributed by atoms with van der Waals surface area (Å²) in [6, 6.07) is 9.97. The molecule has 1 fully saturated rings. The van der Waals surface area contributed by atoms with Crippen LogP contribution in [0, 0.1) is 6.92 Å². The summed E-state index contributed by atoms with van der Waals surface area (Å²) in [7, 11) is -3.72. The van der Waals surface area contributed by atoms with Crippen LogP contribution in [-0.4, -0.2) is 52.6 Å². The SMILES string of the molecule is CCOc1cccc2sc(-n3nc(C)cc3NC(=O)C3CCCN3S(=O)(=O)c3cccs3)nc12. The Morgan fingerprint density at radius 3 is 2.91 bits per heavy atom. The Hall–Kier alpha value is -2.80. The highest BCUT2D eigenvalue weighted by Gasteiger charge is 2.40. The van der Waals surface area contributed by atoms with E-state index >= 15 is 0 Å². The monoisotopic (exact) mass is 517 g/mol. The third kappa shape index (κ3) is 4.11. The molecular weight excluding hydrogens is 494 g/mol. The van der Waals surface area contributed by atoms with Gasteiger partial charge in [-0.1, -0.05) is 23.5 Å². The molecule has 0 radical (unpaired) electrons. The van der Waals surface area contributed by atoms with Crippen molar-refractivity contribution in [2.45, 2.75) is 36.9 Å². The van der Waals surface area contributed by atoms with Gasteiger partial charge in [0.1, 0.15) is 27.3 Å². The zero-order valence-corrected chi connectivity index (χ0v) is 21.0. The van der Waals surface area contributed by atoms with E-state index in [0.717, 1.165) is 21.6 Å². The topological polar surface area (TPSA) is 106 Å². The average Bonchev–Trinajstić information content (AvgIpc) is 3.59. The fourth-order valence-corrected chi connectivity index (χ4v) is 7.76. The molecule has 0 spiro atoms. The summed E-state index contributed by atoms with van der Waals surface area (Å²) >= 11 is 2.58. The van der Waals surface area contributed by atoms with Crippen molar-refractivity contribution in [1.82, 2.24) is 19.1 Å². The molecule has 12 heteroatoms. The molecule has 1 aromatic carbocycles. The minimum atomic E-state index is -3.72. The molecule has 178 valence electrons. The largest absolute Gasteiger partial charge is 0.492 e. The first-order chi connectivity index (χ1) is 16.4. The number of ether oxygens (including phenoxy) is 1. The average molecular weight is 518 g/mol. The zero-order valence-electron chi connectivity index (χ0n) is 18.6. The fourth-order valence-electron chi connectivity index (χ4n) is 4.03. The van der Waals surface area contributed by atoms with E-state index < -0.39 is 16.1 Å². The molecule has 1 aliphatic heterocycles. The number of sulfonamides is 1. The Bertz CT molecular complexity index is 1440.